The van der Waals surface area contributed by atoms with E-state index in [1.165, 1.54) is 0 Å². The van der Waals surface area contributed by atoms with Gasteiger partial charge >= 0.3 is 0 Å². The number of nitrogens with zero attached hydrogens (tertiary/aromatic N) is 5. The average Bonchev–Trinajstić information content (AvgIpc) is 2.86. The van der Waals surface area contributed by atoms with E-state index in [4.69, 9.17) is 4.98 Å². The lowest BCUT2D eigenvalue weighted by atomic mass is 10.1. The lowest BCUT2D eigenvalue weighted by molar-refractivity contribution is 0.275. The summed E-state index contributed by atoms with van der Waals surface area (Å²) in [6.45, 7) is 6.40. The van der Waals surface area contributed by atoms with Gasteiger partial charge in [-0.05, 0) is 25.6 Å². The van der Waals surface area contributed by atoms with Crippen molar-refractivity contribution in [2.45, 2.75) is 19.4 Å². The predicted octanol–water partition coefficient (Wildman–Crippen LogP) is 0.518. The maximum absolute atomic E-state index is 12.6. The van der Waals surface area contributed by atoms with Crippen LogP contribution < -0.4 is 10.5 Å². The molecule has 0 saturated carbocycles. The quantitative estimate of drug-likeness (QED) is 0.867. The van der Waals surface area contributed by atoms with Gasteiger partial charge in [-0.15, -0.1) is 0 Å². The summed E-state index contributed by atoms with van der Waals surface area (Å²) in [4.78, 5) is 31.8. The summed E-state index contributed by atoms with van der Waals surface area (Å²) >= 11 is 0. The maximum atomic E-state index is 12.6. The Labute approximate surface area is 153 Å². The van der Waals surface area contributed by atoms with Crippen molar-refractivity contribution in [3.63, 3.8) is 0 Å². The highest BCUT2D eigenvalue weighted by molar-refractivity contribution is 5.34. The fourth-order valence-corrected chi connectivity index (χ4v) is 3.69. The van der Waals surface area contributed by atoms with Crippen LogP contribution in [0.15, 0.2) is 29.2 Å². The molecule has 0 atom stereocenters. The molecule has 7 nitrogen and oxygen atoms in total. The molecule has 1 saturated heterocycles. The fourth-order valence-electron chi connectivity index (χ4n) is 3.69. The Hall–Kier alpha value is -2.25. The van der Waals surface area contributed by atoms with Crippen molar-refractivity contribution in [3.05, 3.63) is 51.7 Å². The topological polar surface area (TPSA) is 68.4 Å². The third kappa shape index (κ3) is 3.78. The predicted molar refractivity (Wildman–Crippen MR) is 101 cm³/mol. The van der Waals surface area contributed by atoms with Crippen LogP contribution in [0.25, 0.3) is 0 Å². The summed E-state index contributed by atoms with van der Waals surface area (Å²) in [7, 11) is 2.13. The van der Waals surface area contributed by atoms with Gasteiger partial charge in [0.25, 0.3) is 5.56 Å². The Bertz CT molecular complexity index is 797. The number of aromatic nitrogens is 3. The lowest BCUT2D eigenvalue weighted by Gasteiger charge is -2.32. The zero-order valence-corrected chi connectivity index (χ0v) is 15.3. The first-order valence-electron chi connectivity index (χ1n) is 9.37. The molecule has 2 aromatic heterocycles. The molecule has 0 radical (unpaired) electrons. The van der Waals surface area contributed by atoms with Crippen molar-refractivity contribution in [1.82, 2.24) is 24.8 Å². The van der Waals surface area contributed by atoms with Crippen molar-refractivity contribution in [2.24, 2.45) is 0 Å². The highest BCUT2D eigenvalue weighted by atomic mass is 16.1. The van der Waals surface area contributed by atoms with E-state index in [9.17, 15) is 4.79 Å². The van der Waals surface area contributed by atoms with Crippen molar-refractivity contribution in [2.75, 3.05) is 51.2 Å². The molecule has 2 aromatic rings. The molecule has 0 aliphatic carbocycles. The molecule has 0 amide bonds. The standard InChI is InChI=1S/C19H26N6O/c1-23-10-12-25(13-11-23)19-21-17-6-9-24(8-5-16(17)18(26)22-19)14-15-4-2-3-7-20-15/h2-4,7H,5-6,8-14H2,1H3,(H,21,22,26). The van der Waals surface area contributed by atoms with E-state index in [2.05, 4.69) is 37.8 Å². The minimum absolute atomic E-state index is 0.0311. The molecule has 2 aliphatic rings. The van der Waals surface area contributed by atoms with E-state index in [0.717, 1.165) is 81.6 Å². The van der Waals surface area contributed by atoms with Crippen molar-refractivity contribution in [3.8, 4) is 0 Å². The maximum Gasteiger partial charge on any atom is 0.255 e. The van der Waals surface area contributed by atoms with Crippen LogP contribution in [0.1, 0.15) is 17.0 Å². The first-order chi connectivity index (χ1) is 12.7. The monoisotopic (exact) mass is 354 g/mol. The third-order valence-electron chi connectivity index (χ3n) is 5.35. The van der Waals surface area contributed by atoms with Crippen LogP contribution in [0.4, 0.5) is 5.95 Å². The minimum Gasteiger partial charge on any atom is -0.340 e. The first kappa shape index (κ1) is 17.2. The Kier molecular flexibility index (Phi) is 4.99. The molecule has 2 aliphatic heterocycles. The summed E-state index contributed by atoms with van der Waals surface area (Å²) in [6.07, 6.45) is 3.39. The Morgan fingerprint density at radius 1 is 1.08 bits per heavy atom. The van der Waals surface area contributed by atoms with Crippen LogP contribution in [0.2, 0.25) is 0 Å². The highest BCUT2D eigenvalue weighted by Gasteiger charge is 2.22. The van der Waals surface area contributed by atoms with Crippen molar-refractivity contribution < 1.29 is 0 Å². The SMILES string of the molecule is CN1CCN(c2nc3c(c(=O)[nH]2)CCN(Cc2ccccn2)CC3)CC1. The molecule has 7 heteroatoms. The number of piperazine rings is 1. The van der Waals surface area contributed by atoms with Gasteiger partial charge in [-0.3, -0.25) is 19.7 Å². The largest absolute Gasteiger partial charge is 0.340 e. The molecule has 0 unspecified atom stereocenters. The number of anilines is 1. The van der Waals surface area contributed by atoms with E-state index in [-0.39, 0.29) is 5.56 Å². The summed E-state index contributed by atoms with van der Waals surface area (Å²) in [5, 5.41) is 0. The Morgan fingerprint density at radius 2 is 1.88 bits per heavy atom. The Morgan fingerprint density at radius 3 is 2.65 bits per heavy atom. The summed E-state index contributed by atoms with van der Waals surface area (Å²) in [6, 6.07) is 6.00. The van der Waals surface area contributed by atoms with E-state index in [1.807, 2.05) is 18.3 Å². The zero-order valence-electron chi connectivity index (χ0n) is 15.3. The number of rotatable bonds is 3. The van der Waals surface area contributed by atoms with Gasteiger partial charge < -0.3 is 9.80 Å². The van der Waals surface area contributed by atoms with Gasteiger partial charge in [0.05, 0.1) is 11.4 Å². The number of hydrogen-bond donors (Lipinski definition) is 1. The number of H-pyrrole nitrogens is 1. The summed E-state index contributed by atoms with van der Waals surface area (Å²) < 4.78 is 0. The molecule has 138 valence electrons. The van der Waals surface area contributed by atoms with Crippen molar-refractivity contribution in [1.29, 1.82) is 0 Å². The van der Waals surface area contributed by atoms with Crippen LogP contribution in [0, 0.1) is 0 Å². The van der Waals surface area contributed by atoms with Crippen LogP contribution in [0.5, 0.6) is 0 Å². The second-order valence-electron chi connectivity index (χ2n) is 7.20. The molecule has 0 aromatic carbocycles. The number of hydrogen-bond acceptors (Lipinski definition) is 6. The highest BCUT2D eigenvalue weighted by Crippen LogP contribution is 2.16. The normalized spacial score (nSPS) is 19.2. The molecule has 4 rings (SSSR count). The fraction of sp³-hybridized carbons (Fsp3) is 0.526. The second-order valence-corrected chi connectivity index (χ2v) is 7.20. The molecule has 0 spiro atoms. The zero-order chi connectivity index (χ0) is 17.9. The van der Waals surface area contributed by atoms with Crippen LogP contribution in [-0.4, -0.2) is 71.1 Å². The number of fused-ring (bicyclic) bond motifs is 1. The number of pyridine rings is 1. The number of nitrogens with one attached hydrogen (secondary N) is 1. The number of likely N-dealkylation sites (N-methyl/N-ethyl adjacent to an activating group) is 1. The van der Waals surface area contributed by atoms with Crippen molar-refractivity contribution >= 4 is 5.95 Å². The average molecular weight is 354 g/mol. The molecular formula is C19H26N6O. The molecule has 26 heavy (non-hydrogen) atoms. The van der Waals surface area contributed by atoms with Crippen LogP contribution >= 0.6 is 0 Å². The third-order valence-corrected chi connectivity index (χ3v) is 5.35. The lowest BCUT2D eigenvalue weighted by Crippen LogP contribution is -2.45. The molecule has 1 N–H and O–H groups in total. The van der Waals surface area contributed by atoms with E-state index < -0.39 is 0 Å². The first-order valence-corrected chi connectivity index (χ1v) is 9.37. The van der Waals surface area contributed by atoms with E-state index in [0.29, 0.717) is 0 Å². The molecule has 0 bridgehead atoms. The molecular weight excluding hydrogens is 328 g/mol. The van der Waals surface area contributed by atoms with Crippen LogP contribution in [0.3, 0.4) is 0 Å². The summed E-state index contributed by atoms with van der Waals surface area (Å²) in [5.41, 5.74) is 2.92. The van der Waals surface area contributed by atoms with Gasteiger partial charge in [0, 0.05) is 64.0 Å². The Balaban J connectivity index is 1.49. The molecule has 1 fully saturated rings. The van der Waals surface area contributed by atoms with Gasteiger partial charge in [0.1, 0.15) is 0 Å². The second kappa shape index (κ2) is 7.55. The van der Waals surface area contributed by atoms with E-state index >= 15 is 0 Å². The van der Waals surface area contributed by atoms with E-state index in [1.54, 1.807) is 0 Å². The minimum atomic E-state index is 0.0311. The summed E-state index contributed by atoms with van der Waals surface area (Å²) in [5.74, 6) is 0.736. The van der Waals surface area contributed by atoms with Gasteiger partial charge in [-0.1, -0.05) is 6.07 Å². The van der Waals surface area contributed by atoms with Gasteiger partial charge in [-0.25, -0.2) is 4.98 Å². The van der Waals surface area contributed by atoms with Gasteiger partial charge in [-0.2, -0.15) is 0 Å². The van der Waals surface area contributed by atoms with Gasteiger partial charge in [0.15, 0.2) is 0 Å². The number of aromatic amines is 1. The molecule has 4 heterocycles. The smallest absolute Gasteiger partial charge is 0.255 e. The van der Waals surface area contributed by atoms with Crippen LogP contribution in [-0.2, 0) is 19.4 Å². The van der Waals surface area contributed by atoms with Gasteiger partial charge in [0.2, 0.25) is 5.95 Å².